The minimum atomic E-state index is -1.10. The van der Waals surface area contributed by atoms with Gasteiger partial charge in [0.2, 0.25) is 5.91 Å². The summed E-state index contributed by atoms with van der Waals surface area (Å²) >= 11 is 1.26. The summed E-state index contributed by atoms with van der Waals surface area (Å²) in [6.07, 6.45) is 2.53. The van der Waals surface area contributed by atoms with E-state index in [9.17, 15) is 14.3 Å². The average Bonchev–Trinajstić information content (AvgIpc) is 3.11. The summed E-state index contributed by atoms with van der Waals surface area (Å²) in [5.41, 5.74) is 1.32. The summed E-state index contributed by atoms with van der Waals surface area (Å²) in [4.78, 5) is 13.6. The molecule has 1 heterocycles. The fourth-order valence-electron chi connectivity index (χ4n) is 3.12. The van der Waals surface area contributed by atoms with Crippen LogP contribution in [0.5, 0.6) is 0 Å². The Bertz CT molecular complexity index is 742. The van der Waals surface area contributed by atoms with Crippen LogP contribution in [0.1, 0.15) is 23.1 Å². The molecule has 1 amide bonds. The molecule has 23 heavy (non-hydrogen) atoms. The zero-order valence-electron chi connectivity index (χ0n) is 12.7. The second-order valence-electron chi connectivity index (χ2n) is 5.83. The second kappa shape index (κ2) is 6.26. The van der Waals surface area contributed by atoms with Gasteiger partial charge in [0, 0.05) is 17.5 Å². The second-order valence-corrected chi connectivity index (χ2v) is 6.58. The van der Waals surface area contributed by atoms with Gasteiger partial charge in [0.15, 0.2) is 0 Å². The fraction of sp³-hybridized carbons (Fsp3) is 0.278. The molecule has 0 saturated heterocycles. The van der Waals surface area contributed by atoms with E-state index in [1.54, 1.807) is 5.38 Å². The number of amides is 1. The molecular weight excluding hydrogens is 313 g/mol. The Hall–Kier alpha value is -1.98. The monoisotopic (exact) mass is 331 g/mol. The van der Waals surface area contributed by atoms with Crippen molar-refractivity contribution in [3.8, 4) is 0 Å². The summed E-state index contributed by atoms with van der Waals surface area (Å²) in [5, 5.41) is 14.1. The number of aryl methyl sites for hydroxylation is 1. The van der Waals surface area contributed by atoms with Gasteiger partial charge in [-0.15, -0.1) is 11.3 Å². The summed E-state index contributed by atoms with van der Waals surface area (Å²) in [5.74, 6) is -0.635. The summed E-state index contributed by atoms with van der Waals surface area (Å²) in [7, 11) is 0. The molecule has 3 nitrogen and oxygen atoms in total. The molecular formula is C18H18FNO2S. The molecule has 0 bridgehead atoms. The van der Waals surface area contributed by atoms with Gasteiger partial charge < -0.3 is 10.0 Å². The van der Waals surface area contributed by atoms with E-state index in [2.05, 4.69) is 6.58 Å². The molecule has 3 rings (SSSR count). The molecule has 0 saturated carbocycles. The number of aliphatic hydroxyl groups is 1. The topological polar surface area (TPSA) is 40.5 Å². The molecule has 1 unspecified atom stereocenters. The minimum Gasteiger partial charge on any atom is -0.383 e. The predicted octanol–water partition coefficient (Wildman–Crippen LogP) is 3.24. The zero-order valence-corrected chi connectivity index (χ0v) is 13.5. The summed E-state index contributed by atoms with van der Waals surface area (Å²) < 4.78 is 13.7. The molecule has 0 spiro atoms. The van der Waals surface area contributed by atoms with E-state index >= 15 is 0 Å². The van der Waals surface area contributed by atoms with E-state index in [1.165, 1.54) is 27.7 Å². The van der Waals surface area contributed by atoms with Gasteiger partial charge in [-0.25, -0.2) is 4.39 Å². The molecule has 1 aromatic carbocycles. The van der Waals surface area contributed by atoms with Gasteiger partial charge in [0.05, 0.1) is 6.54 Å². The first-order valence-electron chi connectivity index (χ1n) is 7.46. The number of halogens is 1. The number of rotatable bonds is 5. The van der Waals surface area contributed by atoms with Gasteiger partial charge in [-0.1, -0.05) is 30.8 Å². The molecule has 1 N–H and O–H groups in total. The quantitative estimate of drug-likeness (QED) is 0.855. The van der Waals surface area contributed by atoms with Crippen LogP contribution in [0, 0.1) is 5.82 Å². The Kier molecular flexibility index (Phi) is 4.33. The molecule has 0 fully saturated rings. The average molecular weight is 331 g/mol. The summed E-state index contributed by atoms with van der Waals surface area (Å²) in [6.45, 7) is 3.77. The van der Waals surface area contributed by atoms with Crippen molar-refractivity contribution < 1.29 is 14.3 Å². The number of thiophene rings is 1. The Balaban J connectivity index is 1.86. The Morgan fingerprint density at radius 2 is 2.22 bits per heavy atom. The van der Waals surface area contributed by atoms with Crippen LogP contribution < -0.4 is 0 Å². The van der Waals surface area contributed by atoms with E-state index in [4.69, 9.17) is 0 Å². The molecule has 1 aliphatic rings. The Labute approximate surface area is 138 Å². The Morgan fingerprint density at radius 3 is 2.91 bits per heavy atom. The summed E-state index contributed by atoms with van der Waals surface area (Å²) in [6, 6.07) is 7.71. The van der Waals surface area contributed by atoms with Crippen LogP contribution in [0.2, 0.25) is 0 Å². The van der Waals surface area contributed by atoms with E-state index < -0.39 is 5.60 Å². The lowest BCUT2D eigenvalue weighted by molar-refractivity contribution is -0.130. The molecule has 5 heteroatoms. The van der Waals surface area contributed by atoms with E-state index in [0.29, 0.717) is 12.0 Å². The lowest BCUT2D eigenvalue weighted by Crippen LogP contribution is -2.42. The number of nitrogens with zero attached hydrogens (tertiary/aromatic N) is 1. The number of benzene rings is 1. The minimum absolute atomic E-state index is 0.129. The highest BCUT2D eigenvalue weighted by Crippen LogP contribution is 2.37. The van der Waals surface area contributed by atoms with Crippen LogP contribution in [0.15, 0.2) is 47.7 Å². The third-order valence-corrected chi connectivity index (χ3v) is 5.08. The molecule has 1 aromatic heterocycles. The van der Waals surface area contributed by atoms with Crippen LogP contribution in [-0.2, 0) is 23.4 Å². The van der Waals surface area contributed by atoms with Gasteiger partial charge in [-0.05, 0) is 35.4 Å². The van der Waals surface area contributed by atoms with Crippen molar-refractivity contribution >= 4 is 17.2 Å². The lowest BCUT2D eigenvalue weighted by atomic mass is 9.95. The van der Waals surface area contributed by atoms with Crippen molar-refractivity contribution in [2.24, 2.45) is 0 Å². The van der Waals surface area contributed by atoms with Crippen LogP contribution in [0.3, 0.4) is 0 Å². The van der Waals surface area contributed by atoms with Gasteiger partial charge in [-0.3, -0.25) is 4.79 Å². The molecule has 2 aromatic rings. The highest BCUT2D eigenvalue weighted by atomic mass is 32.1. The molecule has 0 aliphatic heterocycles. The van der Waals surface area contributed by atoms with Crippen molar-refractivity contribution in [2.75, 3.05) is 6.54 Å². The van der Waals surface area contributed by atoms with Gasteiger partial charge in [0.1, 0.15) is 11.4 Å². The maximum absolute atomic E-state index is 13.7. The van der Waals surface area contributed by atoms with Crippen LogP contribution >= 0.6 is 11.3 Å². The van der Waals surface area contributed by atoms with Gasteiger partial charge >= 0.3 is 0 Å². The van der Waals surface area contributed by atoms with Crippen molar-refractivity contribution in [1.29, 1.82) is 0 Å². The largest absolute Gasteiger partial charge is 0.383 e. The van der Waals surface area contributed by atoms with Gasteiger partial charge in [0.25, 0.3) is 0 Å². The van der Waals surface area contributed by atoms with E-state index in [0.717, 1.165) is 17.5 Å². The van der Waals surface area contributed by atoms with Crippen molar-refractivity contribution in [3.05, 3.63) is 70.2 Å². The molecule has 1 atom stereocenters. The first-order chi connectivity index (χ1) is 11.0. The number of carbonyl (C=O) groups excluding carboxylic acids is 1. The van der Waals surface area contributed by atoms with Crippen LogP contribution in [0.25, 0.3) is 0 Å². The maximum Gasteiger partial charge on any atom is 0.246 e. The third-order valence-electron chi connectivity index (χ3n) is 4.32. The van der Waals surface area contributed by atoms with Crippen LogP contribution in [0.4, 0.5) is 4.39 Å². The first kappa shape index (κ1) is 15.9. The number of fused-ring (bicyclic) bond motifs is 1. The number of carbonyl (C=O) groups is 1. The van der Waals surface area contributed by atoms with Crippen molar-refractivity contribution in [1.82, 2.24) is 4.90 Å². The highest BCUT2D eigenvalue weighted by molar-refractivity contribution is 7.08. The maximum atomic E-state index is 13.7. The van der Waals surface area contributed by atoms with Crippen LogP contribution in [-0.4, -0.2) is 22.5 Å². The first-order valence-corrected chi connectivity index (χ1v) is 8.40. The fourth-order valence-corrected chi connectivity index (χ4v) is 3.81. The number of hydrogen-bond donors (Lipinski definition) is 1. The Morgan fingerprint density at radius 1 is 1.43 bits per heavy atom. The van der Waals surface area contributed by atoms with Crippen molar-refractivity contribution in [3.63, 3.8) is 0 Å². The highest BCUT2D eigenvalue weighted by Gasteiger charge is 2.38. The number of hydrogen-bond acceptors (Lipinski definition) is 3. The predicted molar refractivity (Wildman–Crippen MR) is 88.6 cm³/mol. The molecule has 120 valence electrons. The molecule has 0 radical (unpaired) electrons. The standard InChI is InChI=1S/C18H18FNO2S/c1-2-17(21)20(9-14-10-23-11-16(14)19)12-18(22)8-7-13-5-3-4-6-15(13)18/h2-6,10-11,22H,1,7-9,12H2. The van der Waals surface area contributed by atoms with E-state index in [1.807, 2.05) is 24.3 Å². The van der Waals surface area contributed by atoms with Crippen molar-refractivity contribution in [2.45, 2.75) is 25.0 Å². The van der Waals surface area contributed by atoms with E-state index in [-0.39, 0.29) is 24.8 Å². The third kappa shape index (κ3) is 3.07. The zero-order chi connectivity index (χ0) is 16.4. The molecule has 1 aliphatic carbocycles. The smallest absolute Gasteiger partial charge is 0.246 e. The van der Waals surface area contributed by atoms with Gasteiger partial charge in [-0.2, -0.15) is 0 Å². The lowest BCUT2D eigenvalue weighted by Gasteiger charge is -2.31. The SMILES string of the molecule is C=CC(=O)N(Cc1cscc1F)CC1(O)CCc2ccccc21. The normalized spacial score (nSPS) is 19.4.